The average Bonchev–Trinajstić information content (AvgIpc) is 2.88. The molecule has 5 atom stereocenters. The van der Waals surface area contributed by atoms with E-state index in [1.54, 1.807) is 6.07 Å². The number of amides is 1. The summed E-state index contributed by atoms with van der Waals surface area (Å²) in [6.45, 7) is 4.27. The number of aromatic nitrogens is 2. The number of benzene rings is 1. The molecule has 0 radical (unpaired) electrons. The van der Waals surface area contributed by atoms with Gasteiger partial charge in [0.2, 0.25) is 5.91 Å². The van der Waals surface area contributed by atoms with Gasteiger partial charge in [0, 0.05) is 29.6 Å². The lowest BCUT2D eigenvalue weighted by atomic mass is 9.69. The first kappa shape index (κ1) is 21.4. The number of fused-ring (bicyclic) bond motifs is 1. The van der Waals surface area contributed by atoms with Crippen LogP contribution in [-0.4, -0.2) is 56.7 Å². The second-order valence-corrected chi connectivity index (χ2v) is 10.3. The first-order valence-electron chi connectivity index (χ1n) is 12.0. The molecule has 0 spiro atoms. The molecule has 3 aliphatic rings. The van der Waals surface area contributed by atoms with E-state index in [0.717, 1.165) is 31.4 Å². The fourth-order valence-corrected chi connectivity index (χ4v) is 6.93. The molecule has 0 unspecified atom stereocenters. The van der Waals surface area contributed by atoms with Crippen LogP contribution in [0.5, 0.6) is 0 Å². The van der Waals surface area contributed by atoms with Gasteiger partial charge in [0.1, 0.15) is 6.54 Å². The van der Waals surface area contributed by atoms with Gasteiger partial charge >= 0.3 is 0 Å². The molecule has 1 aliphatic carbocycles. The van der Waals surface area contributed by atoms with Crippen LogP contribution in [0.2, 0.25) is 0 Å². The van der Waals surface area contributed by atoms with Gasteiger partial charge in [0.05, 0.1) is 11.7 Å². The number of likely N-dealkylation sites (N-methyl/N-ethyl adjacent to an activating group) is 1. The number of carbonyl (C=O) groups excluding carboxylic acids is 1. The third kappa shape index (κ3) is 3.49. The third-order valence-corrected chi connectivity index (χ3v) is 8.39. The minimum Gasteiger partial charge on any atom is -0.333 e. The smallest absolute Gasteiger partial charge is 0.267 e. The standard InChI is InChI=1S/C26H34N4O2/c1-18-13-14-24(31)29(27-18)17-25(32)30-20(15-19-9-5-4-6-10-19)21-16-26(2)22(28(21)3)11-7-8-12-23(26)30/h4-6,9-10,13-14,20-23H,7-8,11-12,15-17H2,1-3H3/t20-,21+,22+,23-,26+/m1/s1. The molecule has 32 heavy (non-hydrogen) atoms. The third-order valence-electron chi connectivity index (χ3n) is 8.39. The summed E-state index contributed by atoms with van der Waals surface area (Å²) in [5.41, 5.74) is 1.89. The van der Waals surface area contributed by atoms with Crippen molar-refractivity contribution in [2.75, 3.05) is 7.05 Å². The Morgan fingerprint density at radius 3 is 2.56 bits per heavy atom. The molecule has 1 aromatic heterocycles. The Bertz CT molecular complexity index is 1050. The summed E-state index contributed by atoms with van der Waals surface area (Å²) >= 11 is 0. The van der Waals surface area contributed by atoms with Crippen LogP contribution >= 0.6 is 0 Å². The lowest BCUT2D eigenvalue weighted by Gasteiger charge is -2.51. The fraction of sp³-hybridized carbons (Fsp3) is 0.577. The van der Waals surface area contributed by atoms with E-state index in [1.807, 2.05) is 13.0 Å². The zero-order valence-corrected chi connectivity index (χ0v) is 19.4. The summed E-state index contributed by atoms with van der Waals surface area (Å²) in [4.78, 5) is 31.1. The lowest BCUT2D eigenvalue weighted by molar-refractivity contribution is -0.144. The normalized spacial score (nSPS) is 32.0. The van der Waals surface area contributed by atoms with Crippen LogP contribution < -0.4 is 5.56 Å². The monoisotopic (exact) mass is 434 g/mol. The highest BCUT2D eigenvalue weighted by Gasteiger charge is 2.61. The minimum absolute atomic E-state index is 0.0134. The van der Waals surface area contributed by atoms with Gasteiger partial charge in [-0.2, -0.15) is 5.10 Å². The molecule has 2 bridgehead atoms. The second-order valence-electron chi connectivity index (χ2n) is 10.3. The zero-order valence-electron chi connectivity index (χ0n) is 19.4. The molecule has 3 heterocycles. The quantitative estimate of drug-likeness (QED) is 0.742. The number of nitrogens with zero attached hydrogens (tertiary/aromatic N) is 4. The van der Waals surface area contributed by atoms with E-state index in [9.17, 15) is 9.59 Å². The van der Waals surface area contributed by atoms with Crippen molar-refractivity contribution in [3.63, 3.8) is 0 Å². The number of hydrogen-bond acceptors (Lipinski definition) is 4. The van der Waals surface area contributed by atoms with Crippen molar-refractivity contribution in [3.05, 3.63) is 64.1 Å². The Balaban J connectivity index is 1.55. The molecular weight excluding hydrogens is 400 g/mol. The van der Waals surface area contributed by atoms with Crippen LogP contribution in [0.15, 0.2) is 47.3 Å². The number of hydrogen-bond donors (Lipinski definition) is 0. The summed E-state index contributed by atoms with van der Waals surface area (Å²) in [6.07, 6.45) is 6.61. The highest BCUT2D eigenvalue weighted by Crippen LogP contribution is 2.55. The maximum Gasteiger partial charge on any atom is 0.267 e. The van der Waals surface area contributed by atoms with Crippen molar-refractivity contribution in [2.24, 2.45) is 5.41 Å². The Morgan fingerprint density at radius 2 is 1.81 bits per heavy atom. The van der Waals surface area contributed by atoms with Gasteiger partial charge in [-0.3, -0.25) is 14.5 Å². The first-order valence-corrected chi connectivity index (χ1v) is 12.0. The zero-order chi connectivity index (χ0) is 22.5. The van der Waals surface area contributed by atoms with Crippen molar-refractivity contribution in [1.29, 1.82) is 0 Å². The molecule has 1 saturated carbocycles. The molecule has 170 valence electrons. The van der Waals surface area contributed by atoms with Crippen molar-refractivity contribution < 1.29 is 4.79 Å². The lowest BCUT2D eigenvalue weighted by Crippen LogP contribution is -2.62. The number of piperidine rings is 1. The first-order chi connectivity index (χ1) is 15.4. The van der Waals surface area contributed by atoms with E-state index in [1.165, 1.54) is 29.2 Å². The molecule has 1 amide bonds. The van der Waals surface area contributed by atoms with Crippen LogP contribution in [0.3, 0.4) is 0 Å². The summed E-state index contributed by atoms with van der Waals surface area (Å²) in [6, 6.07) is 14.9. The van der Waals surface area contributed by atoms with Crippen molar-refractivity contribution in [3.8, 4) is 0 Å². The molecule has 2 aromatic rings. The molecule has 3 fully saturated rings. The molecule has 0 N–H and O–H groups in total. The van der Waals surface area contributed by atoms with E-state index in [0.29, 0.717) is 12.1 Å². The molecule has 1 aromatic carbocycles. The second kappa shape index (κ2) is 8.14. The number of rotatable bonds is 4. The van der Waals surface area contributed by atoms with Gasteiger partial charge in [-0.15, -0.1) is 0 Å². The molecule has 5 rings (SSSR count). The Labute approximate surface area is 190 Å². The highest BCUT2D eigenvalue weighted by molar-refractivity contribution is 5.77. The predicted octanol–water partition coefficient (Wildman–Crippen LogP) is 3.03. The van der Waals surface area contributed by atoms with Gasteiger partial charge in [-0.25, -0.2) is 4.68 Å². The van der Waals surface area contributed by atoms with Crippen molar-refractivity contribution in [1.82, 2.24) is 19.6 Å². The van der Waals surface area contributed by atoms with Crippen molar-refractivity contribution in [2.45, 2.75) is 83.1 Å². The summed E-state index contributed by atoms with van der Waals surface area (Å²) in [5, 5.41) is 4.35. The molecule has 6 heteroatoms. The Morgan fingerprint density at radius 1 is 1.09 bits per heavy atom. The SMILES string of the molecule is Cc1ccc(=O)n(CC(=O)N2[C@H](Cc3ccccc3)[C@@H]3C[C@@]4(C)[C@H](CCCC[C@@H]24)N3C)n1. The Hall–Kier alpha value is -2.47. The number of carbonyl (C=O) groups is 1. The van der Waals surface area contributed by atoms with Crippen LogP contribution in [0.25, 0.3) is 0 Å². The molecule has 2 saturated heterocycles. The maximum absolute atomic E-state index is 13.9. The van der Waals surface area contributed by atoms with Gasteiger partial charge in [-0.05, 0) is 51.3 Å². The summed E-state index contributed by atoms with van der Waals surface area (Å²) in [5.74, 6) is 0.0306. The molecular formula is C26H34N4O2. The van der Waals surface area contributed by atoms with Gasteiger partial charge < -0.3 is 4.90 Å². The fourth-order valence-electron chi connectivity index (χ4n) is 6.93. The van der Waals surface area contributed by atoms with Gasteiger partial charge in [0.25, 0.3) is 5.56 Å². The number of aryl methyl sites for hydroxylation is 1. The largest absolute Gasteiger partial charge is 0.333 e. The topological polar surface area (TPSA) is 58.4 Å². The van der Waals surface area contributed by atoms with E-state index in [-0.39, 0.29) is 35.5 Å². The maximum atomic E-state index is 13.9. The van der Waals surface area contributed by atoms with E-state index < -0.39 is 0 Å². The van der Waals surface area contributed by atoms with Crippen LogP contribution in [0.4, 0.5) is 0 Å². The highest BCUT2D eigenvalue weighted by atomic mass is 16.2. The van der Waals surface area contributed by atoms with E-state index in [4.69, 9.17) is 0 Å². The predicted molar refractivity (Wildman–Crippen MR) is 124 cm³/mol. The van der Waals surface area contributed by atoms with E-state index in [2.05, 4.69) is 53.1 Å². The van der Waals surface area contributed by atoms with Gasteiger partial charge in [0.15, 0.2) is 0 Å². The van der Waals surface area contributed by atoms with Crippen LogP contribution in [0.1, 0.15) is 50.3 Å². The summed E-state index contributed by atoms with van der Waals surface area (Å²) < 4.78 is 1.34. The van der Waals surface area contributed by atoms with Crippen LogP contribution in [-0.2, 0) is 17.8 Å². The molecule has 6 nitrogen and oxygen atoms in total. The Kier molecular flexibility index (Phi) is 5.44. The van der Waals surface area contributed by atoms with E-state index >= 15 is 0 Å². The minimum atomic E-state index is -0.217. The number of likely N-dealkylation sites (tertiary alicyclic amines) is 2. The average molecular weight is 435 g/mol. The van der Waals surface area contributed by atoms with Crippen LogP contribution in [0, 0.1) is 12.3 Å². The van der Waals surface area contributed by atoms with Gasteiger partial charge in [-0.1, -0.05) is 50.1 Å². The summed E-state index contributed by atoms with van der Waals surface area (Å²) in [7, 11) is 2.27. The van der Waals surface area contributed by atoms with Crippen molar-refractivity contribution >= 4 is 5.91 Å². The molecule has 2 aliphatic heterocycles.